The van der Waals surface area contributed by atoms with Crippen LogP contribution in [0.5, 0.6) is 0 Å². The van der Waals surface area contributed by atoms with Gasteiger partial charge in [0.2, 0.25) is 0 Å². The summed E-state index contributed by atoms with van der Waals surface area (Å²) in [6.45, 7) is 3.50. The summed E-state index contributed by atoms with van der Waals surface area (Å²) < 4.78 is 65.9. The second-order valence-electron chi connectivity index (χ2n) is 6.55. The van der Waals surface area contributed by atoms with Crippen molar-refractivity contribution in [2.24, 2.45) is 0 Å². The fourth-order valence-corrected chi connectivity index (χ4v) is 3.67. The molecular weight excluding hydrogens is 389 g/mol. The van der Waals surface area contributed by atoms with Crippen molar-refractivity contribution < 1.29 is 21.6 Å². The van der Waals surface area contributed by atoms with Gasteiger partial charge in [0.05, 0.1) is 4.90 Å². The summed E-state index contributed by atoms with van der Waals surface area (Å²) in [4.78, 5) is 0.0964. The van der Waals surface area contributed by atoms with Crippen LogP contribution in [0.1, 0.15) is 18.2 Å². The average Bonchev–Trinajstić information content (AvgIpc) is 3.02. The Morgan fingerprint density at radius 3 is 1.96 bits per heavy atom. The zero-order chi connectivity index (χ0) is 20.7. The molecule has 0 fully saturated rings. The maximum absolute atomic E-state index is 13.9. The lowest BCUT2D eigenvalue weighted by molar-refractivity contribution is -0.143. The Bertz CT molecular complexity index is 1100. The molecule has 3 rings (SSSR count). The number of halogens is 3. The van der Waals surface area contributed by atoms with Gasteiger partial charge in [0, 0.05) is 23.9 Å². The van der Waals surface area contributed by atoms with Crippen molar-refractivity contribution in [2.75, 3.05) is 6.26 Å². The summed E-state index contributed by atoms with van der Waals surface area (Å²) in [6.07, 6.45) is -3.51. The van der Waals surface area contributed by atoms with Crippen LogP contribution < -0.4 is 0 Å². The number of hydrogen-bond donors (Lipinski definition) is 0. The first-order valence-electron chi connectivity index (χ1n) is 8.58. The van der Waals surface area contributed by atoms with Gasteiger partial charge in [0.1, 0.15) is 5.69 Å². The van der Waals surface area contributed by atoms with Gasteiger partial charge in [0.25, 0.3) is 0 Å². The van der Waals surface area contributed by atoms with Gasteiger partial charge in [-0.25, -0.2) is 8.42 Å². The van der Waals surface area contributed by atoms with E-state index >= 15 is 0 Å². The molecule has 2 aromatic carbocycles. The molecule has 0 atom stereocenters. The van der Waals surface area contributed by atoms with Crippen molar-refractivity contribution in [1.82, 2.24) is 9.78 Å². The Balaban J connectivity index is 2.29. The smallest absolute Gasteiger partial charge is 0.260 e. The SMILES string of the molecule is CCn1nc(-c2ccc(S(C)(=O)=O)cc2)c(-c2ccc(C)cc2)c1C(F)(F)F. The molecule has 1 aromatic heterocycles. The second kappa shape index (κ2) is 7.09. The second-order valence-corrected chi connectivity index (χ2v) is 8.56. The number of sulfone groups is 1. The monoisotopic (exact) mass is 408 g/mol. The molecule has 148 valence electrons. The van der Waals surface area contributed by atoms with E-state index in [0.717, 1.165) is 16.5 Å². The molecule has 8 heteroatoms. The number of aromatic nitrogens is 2. The minimum atomic E-state index is -4.59. The number of rotatable bonds is 4. The van der Waals surface area contributed by atoms with E-state index in [1.165, 1.54) is 24.3 Å². The van der Waals surface area contributed by atoms with Crippen LogP contribution in [0.2, 0.25) is 0 Å². The molecule has 0 radical (unpaired) electrons. The first-order chi connectivity index (χ1) is 13.0. The van der Waals surface area contributed by atoms with E-state index in [1.54, 1.807) is 31.2 Å². The molecule has 0 unspecified atom stereocenters. The molecule has 0 amide bonds. The number of nitrogens with zero attached hydrogens (tertiary/aromatic N) is 2. The van der Waals surface area contributed by atoms with Crippen LogP contribution >= 0.6 is 0 Å². The normalized spacial score (nSPS) is 12.4. The maximum atomic E-state index is 13.9. The molecule has 0 spiro atoms. The topological polar surface area (TPSA) is 52.0 Å². The Labute approximate surface area is 161 Å². The van der Waals surface area contributed by atoms with Crippen molar-refractivity contribution in [3.05, 3.63) is 59.8 Å². The van der Waals surface area contributed by atoms with E-state index in [2.05, 4.69) is 5.10 Å². The van der Waals surface area contributed by atoms with Crippen LogP contribution in [0.4, 0.5) is 13.2 Å². The predicted molar refractivity (Wildman–Crippen MR) is 102 cm³/mol. The molecular formula is C20H19F3N2O2S. The van der Waals surface area contributed by atoms with Gasteiger partial charge >= 0.3 is 6.18 Å². The predicted octanol–water partition coefficient (Wildman–Crippen LogP) is 4.97. The summed E-state index contributed by atoms with van der Waals surface area (Å²) in [5, 5.41) is 4.20. The van der Waals surface area contributed by atoms with Gasteiger partial charge in [-0.2, -0.15) is 18.3 Å². The minimum Gasteiger partial charge on any atom is -0.260 e. The molecule has 0 bridgehead atoms. The number of hydrogen-bond acceptors (Lipinski definition) is 3. The van der Waals surface area contributed by atoms with Crippen molar-refractivity contribution in [3.63, 3.8) is 0 Å². The van der Waals surface area contributed by atoms with Gasteiger partial charge < -0.3 is 0 Å². The largest absolute Gasteiger partial charge is 0.433 e. The van der Waals surface area contributed by atoms with Gasteiger partial charge in [-0.3, -0.25) is 4.68 Å². The van der Waals surface area contributed by atoms with Crippen LogP contribution in [0.25, 0.3) is 22.4 Å². The highest BCUT2D eigenvalue weighted by Crippen LogP contribution is 2.42. The Morgan fingerprint density at radius 2 is 1.50 bits per heavy atom. The average molecular weight is 408 g/mol. The van der Waals surface area contributed by atoms with Gasteiger partial charge in [-0.15, -0.1) is 0 Å². The molecule has 0 N–H and O–H groups in total. The summed E-state index contributed by atoms with van der Waals surface area (Å²) in [5.74, 6) is 0. The highest BCUT2D eigenvalue weighted by atomic mass is 32.2. The highest BCUT2D eigenvalue weighted by Gasteiger charge is 2.40. The zero-order valence-electron chi connectivity index (χ0n) is 15.6. The third-order valence-electron chi connectivity index (χ3n) is 4.42. The standard InChI is InChI=1S/C20H19F3N2O2S/c1-4-25-19(20(21,22)23)17(14-7-5-13(2)6-8-14)18(24-25)15-9-11-16(12-10-15)28(3,26)27/h5-12H,4H2,1-3H3. The third kappa shape index (κ3) is 3.82. The summed E-state index contributed by atoms with van der Waals surface area (Å²) >= 11 is 0. The van der Waals surface area contributed by atoms with Crippen molar-refractivity contribution in [1.29, 1.82) is 0 Å². The fourth-order valence-electron chi connectivity index (χ4n) is 3.03. The minimum absolute atomic E-state index is 0.0125. The molecule has 3 aromatic rings. The lowest BCUT2D eigenvalue weighted by Crippen LogP contribution is -2.14. The molecule has 0 aliphatic heterocycles. The third-order valence-corrected chi connectivity index (χ3v) is 5.55. The summed E-state index contributed by atoms with van der Waals surface area (Å²) in [6, 6.07) is 12.5. The van der Waals surface area contributed by atoms with Crippen molar-refractivity contribution in [3.8, 4) is 22.4 Å². The van der Waals surface area contributed by atoms with E-state index < -0.39 is 21.7 Å². The number of alkyl halides is 3. The Hall–Kier alpha value is -2.61. The van der Waals surface area contributed by atoms with E-state index in [-0.39, 0.29) is 22.7 Å². The lowest BCUT2D eigenvalue weighted by Gasteiger charge is -2.12. The van der Waals surface area contributed by atoms with E-state index in [0.29, 0.717) is 11.1 Å². The molecule has 28 heavy (non-hydrogen) atoms. The van der Waals surface area contributed by atoms with Crippen LogP contribution in [0.15, 0.2) is 53.4 Å². The Kier molecular flexibility index (Phi) is 5.10. The van der Waals surface area contributed by atoms with Gasteiger partial charge in [-0.1, -0.05) is 42.0 Å². The first-order valence-corrected chi connectivity index (χ1v) is 10.5. The molecule has 0 saturated heterocycles. The maximum Gasteiger partial charge on any atom is 0.433 e. The molecule has 0 aliphatic carbocycles. The fraction of sp³-hybridized carbons (Fsp3) is 0.250. The van der Waals surface area contributed by atoms with Gasteiger partial charge in [0.15, 0.2) is 15.5 Å². The van der Waals surface area contributed by atoms with Crippen LogP contribution in [-0.2, 0) is 22.6 Å². The van der Waals surface area contributed by atoms with Crippen LogP contribution in [0, 0.1) is 6.92 Å². The van der Waals surface area contributed by atoms with Crippen LogP contribution in [0.3, 0.4) is 0 Å². The molecule has 0 saturated carbocycles. The molecule has 1 heterocycles. The highest BCUT2D eigenvalue weighted by molar-refractivity contribution is 7.90. The Morgan fingerprint density at radius 1 is 0.964 bits per heavy atom. The van der Waals surface area contributed by atoms with E-state index in [4.69, 9.17) is 0 Å². The van der Waals surface area contributed by atoms with E-state index in [1.807, 2.05) is 6.92 Å². The molecule has 4 nitrogen and oxygen atoms in total. The van der Waals surface area contributed by atoms with Crippen LogP contribution in [-0.4, -0.2) is 24.5 Å². The van der Waals surface area contributed by atoms with Gasteiger partial charge in [-0.05, 0) is 31.5 Å². The van der Waals surface area contributed by atoms with E-state index in [9.17, 15) is 21.6 Å². The van der Waals surface area contributed by atoms with Crippen molar-refractivity contribution in [2.45, 2.75) is 31.5 Å². The number of aryl methyl sites for hydroxylation is 2. The summed E-state index contributed by atoms with van der Waals surface area (Å²) in [5.41, 5.74) is 1.08. The lowest BCUT2D eigenvalue weighted by atomic mass is 9.98. The summed E-state index contributed by atoms with van der Waals surface area (Å²) in [7, 11) is -3.41. The van der Waals surface area contributed by atoms with Crippen molar-refractivity contribution >= 4 is 9.84 Å². The zero-order valence-corrected chi connectivity index (χ0v) is 16.4. The first kappa shape index (κ1) is 20.1. The quantitative estimate of drug-likeness (QED) is 0.613. The molecule has 0 aliphatic rings. The number of benzene rings is 2.